The molecule has 3 N–H and O–H groups in total. The normalized spacial score (nSPS) is 10.6. The van der Waals surface area contributed by atoms with Crippen LogP contribution in [0.4, 0.5) is 4.79 Å². The van der Waals surface area contributed by atoms with E-state index < -0.39 is 6.29 Å². The number of aliphatic hydroxyl groups excluding tert-OH is 1. The maximum Gasteiger partial charge on any atom is 0.407 e. The highest BCUT2D eigenvalue weighted by Gasteiger charge is 2.01. The first-order chi connectivity index (χ1) is 10.2. The smallest absolute Gasteiger partial charge is 0.407 e. The topological polar surface area (TPSA) is 78.8 Å². The van der Waals surface area contributed by atoms with Crippen LogP contribution in [-0.4, -0.2) is 29.1 Å². The molecule has 0 bridgehead atoms. The standard InChI is InChI=1S/C16H25NO4/c18-15(19)11-7-2-1-3-8-12-17-16(20)21-13-14-9-5-4-6-10-14/h4-6,9-10,15,18-19H,1-3,7-8,11-13H2,(H,17,20). The molecule has 0 spiro atoms. The second-order valence-electron chi connectivity index (χ2n) is 5.03. The van der Waals surface area contributed by atoms with E-state index in [-0.39, 0.29) is 12.7 Å². The Labute approximate surface area is 125 Å². The molecule has 118 valence electrons. The predicted molar refractivity (Wildman–Crippen MR) is 80.6 cm³/mol. The summed E-state index contributed by atoms with van der Waals surface area (Å²) in [6.07, 6.45) is 3.62. The molecule has 1 aromatic rings. The molecule has 0 heterocycles. The Kier molecular flexibility index (Phi) is 9.24. The number of benzene rings is 1. The van der Waals surface area contributed by atoms with E-state index >= 15 is 0 Å². The third kappa shape index (κ3) is 9.87. The van der Waals surface area contributed by atoms with Gasteiger partial charge in [-0.2, -0.15) is 0 Å². The fraction of sp³-hybridized carbons (Fsp3) is 0.562. The van der Waals surface area contributed by atoms with E-state index in [2.05, 4.69) is 5.32 Å². The molecule has 21 heavy (non-hydrogen) atoms. The van der Waals surface area contributed by atoms with Crippen LogP contribution < -0.4 is 5.32 Å². The van der Waals surface area contributed by atoms with Gasteiger partial charge in [0.2, 0.25) is 0 Å². The molecule has 1 aromatic carbocycles. The van der Waals surface area contributed by atoms with Crippen molar-refractivity contribution in [1.82, 2.24) is 5.32 Å². The number of aliphatic hydroxyl groups is 2. The van der Waals surface area contributed by atoms with Crippen LogP contribution in [0.25, 0.3) is 0 Å². The molecule has 0 atom stereocenters. The number of nitrogens with one attached hydrogen (secondary N) is 1. The van der Waals surface area contributed by atoms with Crippen LogP contribution in [0.3, 0.4) is 0 Å². The van der Waals surface area contributed by atoms with Gasteiger partial charge < -0.3 is 20.3 Å². The SMILES string of the molecule is O=C(NCCCCCCCC(O)O)OCc1ccccc1. The van der Waals surface area contributed by atoms with Crippen LogP contribution in [0.2, 0.25) is 0 Å². The lowest BCUT2D eigenvalue weighted by Crippen LogP contribution is -2.25. The number of alkyl carbamates (subject to hydrolysis) is 1. The van der Waals surface area contributed by atoms with Gasteiger partial charge in [0.25, 0.3) is 0 Å². The van der Waals surface area contributed by atoms with E-state index in [1.807, 2.05) is 30.3 Å². The van der Waals surface area contributed by atoms with Gasteiger partial charge in [-0.1, -0.05) is 49.6 Å². The van der Waals surface area contributed by atoms with Crippen LogP contribution in [0.1, 0.15) is 44.1 Å². The maximum absolute atomic E-state index is 11.4. The molecule has 1 amide bonds. The van der Waals surface area contributed by atoms with Crippen molar-refractivity contribution in [3.63, 3.8) is 0 Å². The Bertz CT molecular complexity index is 381. The van der Waals surface area contributed by atoms with Crippen molar-refractivity contribution in [2.45, 2.75) is 51.4 Å². The van der Waals surface area contributed by atoms with Gasteiger partial charge in [0.05, 0.1) is 0 Å². The van der Waals surface area contributed by atoms with Crippen molar-refractivity contribution in [1.29, 1.82) is 0 Å². The van der Waals surface area contributed by atoms with E-state index in [1.165, 1.54) is 0 Å². The predicted octanol–water partition coefficient (Wildman–Crippen LogP) is 2.56. The third-order valence-corrected chi connectivity index (χ3v) is 3.12. The van der Waals surface area contributed by atoms with Crippen molar-refractivity contribution < 1.29 is 19.7 Å². The lowest BCUT2D eigenvalue weighted by Gasteiger charge is -2.07. The molecule has 5 nitrogen and oxygen atoms in total. The fourth-order valence-electron chi connectivity index (χ4n) is 1.95. The summed E-state index contributed by atoms with van der Waals surface area (Å²) in [5.41, 5.74) is 0.971. The second-order valence-corrected chi connectivity index (χ2v) is 5.03. The van der Waals surface area contributed by atoms with Crippen LogP contribution >= 0.6 is 0 Å². The number of unbranched alkanes of at least 4 members (excludes halogenated alkanes) is 4. The monoisotopic (exact) mass is 295 g/mol. The number of rotatable bonds is 10. The van der Waals surface area contributed by atoms with E-state index in [9.17, 15) is 4.79 Å². The number of hydrogen-bond donors (Lipinski definition) is 3. The Morgan fingerprint density at radius 1 is 1.05 bits per heavy atom. The molecule has 0 saturated heterocycles. The lowest BCUT2D eigenvalue weighted by atomic mass is 10.1. The molecule has 0 fully saturated rings. The molecular weight excluding hydrogens is 270 g/mol. The summed E-state index contributed by atoms with van der Waals surface area (Å²) < 4.78 is 5.09. The van der Waals surface area contributed by atoms with Gasteiger partial charge in [-0.05, 0) is 24.8 Å². The number of carbonyl (C=O) groups is 1. The molecular formula is C16H25NO4. The minimum atomic E-state index is -1.19. The summed E-state index contributed by atoms with van der Waals surface area (Å²) in [6.45, 7) is 0.895. The summed E-state index contributed by atoms with van der Waals surface area (Å²) in [5, 5.41) is 20.1. The van der Waals surface area contributed by atoms with Gasteiger partial charge in [-0.25, -0.2) is 4.79 Å². The van der Waals surface area contributed by atoms with Crippen molar-refractivity contribution in [3.05, 3.63) is 35.9 Å². The molecule has 0 radical (unpaired) electrons. The molecule has 0 aromatic heterocycles. The van der Waals surface area contributed by atoms with Crippen LogP contribution in [0, 0.1) is 0 Å². The molecule has 0 aliphatic carbocycles. The maximum atomic E-state index is 11.4. The second kappa shape index (κ2) is 11.1. The zero-order chi connectivity index (χ0) is 15.3. The summed E-state index contributed by atoms with van der Waals surface area (Å²) in [7, 11) is 0. The van der Waals surface area contributed by atoms with Crippen molar-refractivity contribution in [2.75, 3.05) is 6.54 Å². The molecule has 0 saturated carbocycles. The number of amides is 1. The zero-order valence-corrected chi connectivity index (χ0v) is 12.3. The number of carbonyl (C=O) groups excluding carboxylic acids is 1. The Morgan fingerprint density at radius 3 is 2.43 bits per heavy atom. The average Bonchev–Trinajstić information content (AvgIpc) is 2.48. The number of hydrogen-bond acceptors (Lipinski definition) is 4. The lowest BCUT2D eigenvalue weighted by molar-refractivity contribution is -0.0466. The summed E-state index contributed by atoms with van der Waals surface area (Å²) in [4.78, 5) is 11.4. The minimum absolute atomic E-state index is 0.288. The van der Waals surface area contributed by atoms with Crippen molar-refractivity contribution in [3.8, 4) is 0 Å². The van der Waals surface area contributed by atoms with Gasteiger partial charge in [0.1, 0.15) is 6.61 Å². The van der Waals surface area contributed by atoms with E-state index in [0.717, 1.165) is 37.7 Å². The van der Waals surface area contributed by atoms with Gasteiger partial charge in [-0.15, -0.1) is 0 Å². The highest BCUT2D eigenvalue weighted by molar-refractivity contribution is 5.67. The van der Waals surface area contributed by atoms with Gasteiger partial charge in [-0.3, -0.25) is 0 Å². The van der Waals surface area contributed by atoms with Crippen LogP contribution in [0.5, 0.6) is 0 Å². The third-order valence-electron chi connectivity index (χ3n) is 3.12. The van der Waals surface area contributed by atoms with Gasteiger partial charge in [0.15, 0.2) is 6.29 Å². The van der Waals surface area contributed by atoms with Crippen molar-refractivity contribution in [2.24, 2.45) is 0 Å². The molecule has 1 rings (SSSR count). The highest BCUT2D eigenvalue weighted by Crippen LogP contribution is 2.06. The van der Waals surface area contributed by atoms with E-state index in [0.29, 0.717) is 13.0 Å². The quantitative estimate of drug-likeness (QED) is 0.458. The molecule has 0 aliphatic rings. The molecule has 0 aliphatic heterocycles. The van der Waals surface area contributed by atoms with Gasteiger partial charge in [0, 0.05) is 6.54 Å². The first-order valence-corrected chi connectivity index (χ1v) is 7.49. The Hall–Kier alpha value is -1.59. The van der Waals surface area contributed by atoms with Crippen molar-refractivity contribution >= 4 is 6.09 Å². The van der Waals surface area contributed by atoms with E-state index in [1.54, 1.807) is 0 Å². The Balaban J connectivity index is 1.92. The summed E-state index contributed by atoms with van der Waals surface area (Å²) in [5.74, 6) is 0. The Morgan fingerprint density at radius 2 is 1.71 bits per heavy atom. The average molecular weight is 295 g/mol. The largest absolute Gasteiger partial charge is 0.445 e. The molecule has 5 heteroatoms. The number of ether oxygens (including phenoxy) is 1. The fourth-order valence-corrected chi connectivity index (χ4v) is 1.95. The van der Waals surface area contributed by atoms with Crippen LogP contribution in [-0.2, 0) is 11.3 Å². The van der Waals surface area contributed by atoms with E-state index in [4.69, 9.17) is 14.9 Å². The summed E-state index contributed by atoms with van der Waals surface area (Å²) in [6, 6.07) is 9.57. The first kappa shape index (κ1) is 17.5. The highest BCUT2D eigenvalue weighted by atomic mass is 16.5. The summed E-state index contributed by atoms with van der Waals surface area (Å²) >= 11 is 0. The minimum Gasteiger partial charge on any atom is -0.445 e. The van der Waals surface area contributed by atoms with Crippen LogP contribution in [0.15, 0.2) is 30.3 Å². The van der Waals surface area contributed by atoms with Gasteiger partial charge >= 0.3 is 6.09 Å². The zero-order valence-electron chi connectivity index (χ0n) is 12.3. The first-order valence-electron chi connectivity index (χ1n) is 7.49. The molecule has 0 unspecified atom stereocenters.